The normalized spacial score (nSPS) is 13.2. The summed E-state index contributed by atoms with van der Waals surface area (Å²) in [4.78, 5) is 0. The molecule has 0 unspecified atom stereocenters. The fourth-order valence-corrected chi connectivity index (χ4v) is 10.8. The van der Waals surface area contributed by atoms with E-state index in [2.05, 4.69) is 173 Å². The number of aromatic nitrogens is 2. The number of hydrogen-bond acceptors (Lipinski definition) is 0. The highest BCUT2D eigenvalue weighted by Gasteiger charge is 2.42. The Kier molecular flexibility index (Phi) is 4.64. The fraction of sp³-hybridized carbons (Fsp3) is 0. The second-order valence-corrected chi connectivity index (χ2v) is 15.2. The molecule has 2 nitrogen and oxygen atoms in total. The third-order valence-corrected chi connectivity index (χ3v) is 12.8. The van der Waals surface area contributed by atoms with E-state index in [-0.39, 0.29) is 6.71 Å². The fourth-order valence-electron chi connectivity index (χ4n) is 10.8. The zero-order chi connectivity index (χ0) is 34.1. The Morgan fingerprint density at radius 2 is 0.981 bits per heavy atom. The largest absolute Gasteiger partial charge is 0.310 e. The summed E-state index contributed by atoms with van der Waals surface area (Å²) in [5.74, 6) is 0. The van der Waals surface area contributed by atoms with Gasteiger partial charge in [-0.25, -0.2) is 0 Å². The van der Waals surface area contributed by atoms with E-state index >= 15 is 0 Å². The van der Waals surface area contributed by atoms with Crippen LogP contribution in [0.4, 0.5) is 0 Å². The lowest BCUT2D eigenvalue weighted by atomic mass is 9.34. The van der Waals surface area contributed by atoms with E-state index in [0.29, 0.717) is 0 Å². The quantitative estimate of drug-likeness (QED) is 0.154. The Morgan fingerprint density at radius 1 is 0.358 bits per heavy atom. The van der Waals surface area contributed by atoms with Crippen LogP contribution in [0.15, 0.2) is 164 Å². The van der Waals surface area contributed by atoms with Gasteiger partial charge in [-0.15, -0.1) is 0 Å². The first-order valence-corrected chi connectivity index (χ1v) is 18.6. The Bertz CT molecular complexity index is 3510. The maximum atomic E-state index is 2.64. The lowest BCUT2D eigenvalue weighted by Gasteiger charge is -2.34. The van der Waals surface area contributed by atoms with Crippen molar-refractivity contribution in [3.8, 4) is 44.8 Å². The van der Waals surface area contributed by atoms with Crippen LogP contribution >= 0.6 is 0 Å². The van der Waals surface area contributed by atoms with Crippen molar-refractivity contribution in [3.05, 3.63) is 164 Å². The highest BCUT2D eigenvalue weighted by molar-refractivity contribution is 7.00. The van der Waals surface area contributed by atoms with Crippen molar-refractivity contribution in [2.75, 3.05) is 0 Å². The zero-order valence-electron chi connectivity index (χ0n) is 28.6. The smallest absolute Gasteiger partial charge is 0.252 e. The van der Waals surface area contributed by atoms with E-state index in [4.69, 9.17) is 0 Å². The van der Waals surface area contributed by atoms with Crippen LogP contribution in [0, 0.1) is 0 Å². The monoisotopic (exact) mass is 666 g/mol. The van der Waals surface area contributed by atoms with E-state index < -0.39 is 0 Å². The first-order valence-electron chi connectivity index (χ1n) is 18.6. The average Bonchev–Trinajstić information content (AvgIpc) is 3.72. The maximum absolute atomic E-state index is 2.64. The highest BCUT2D eigenvalue weighted by Crippen LogP contribution is 2.50. The van der Waals surface area contributed by atoms with Crippen LogP contribution in [-0.2, 0) is 0 Å². The Morgan fingerprint density at radius 3 is 1.83 bits per heavy atom. The molecule has 3 aliphatic rings. The van der Waals surface area contributed by atoms with E-state index in [9.17, 15) is 0 Å². The summed E-state index contributed by atoms with van der Waals surface area (Å²) >= 11 is 0. The molecule has 53 heavy (non-hydrogen) atoms. The molecule has 0 N–H and O–H groups in total. The summed E-state index contributed by atoms with van der Waals surface area (Å²) in [6, 6.07) is 62.0. The van der Waals surface area contributed by atoms with Gasteiger partial charge in [-0.3, -0.25) is 0 Å². The molecular weight excluding hydrogens is 639 g/mol. The van der Waals surface area contributed by atoms with Crippen LogP contribution in [0.1, 0.15) is 0 Å². The predicted octanol–water partition coefficient (Wildman–Crippen LogP) is 10.6. The molecule has 2 aromatic heterocycles. The molecule has 0 fully saturated rings. The molecule has 1 aliphatic carbocycles. The van der Waals surface area contributed by atoms with Crippen LogP contribution in [0.25, 0.3) is 110 Å². The highest BCUT2D eigenvalue weighted by atomic mass is 15.0. The average molecular weight is 667 g/mol. The van der Waals surface area contributed by atoms with Crippen molar-refractivity contribution in [1.29, 1.82) is 0 Å². The second-order valence-electron chi connectivity index (χ2n) is 15.2. The first kappa shape index (κ1) is 26.9. The van der Waals surface area contributed by atoms with E-state index in [1.54, 1.807) is 0 Å². The first-order chi connectivity index (χ1) is 26.3. The number of nitrogens with zero attached hydrogens (tertiary/aromatic N) is 2. The third kappa shape index (κ3) is 3.05. The van der Waals surface area contributed by atoms with Crippen LogP contribution in [0.5, 0.6) is 0 Å². The van der Waals surface area contributed by atoms with Gasteiger partial charge in [0.15, 0.2) is 0 Å². The van der Waals surface area contributed by atoms with E-state index in [1.807, 2.05) is 0 Å². The summed E-state index contributed by atoms with van der Waals surface area (Å²) in [5, 5.41) is 10.6. The van der Waals surface area contributed by atoms with Gasteiger partial charge < -0.3 is 9.13 Å². The van der Waals surface area contributed by atoms with Crippen molar-refractivity contribution in [3.63, 3.8) is 0 Å². The summed E-state index contributed by atoms with van der Waals surface area (Å²) in [7, 11) is 0. The second kappa shape index (κ2) is 9.14. The third-order valence-electron chi connectivity index (χ3n) is 12.8. The van der Waals surface area contributed by atoms with Crippen LogP contribution in [-0.4, -0.2) is 15.8 Å². The molecule has 0 saturated heterocycles. The minimum Gasteiger partial charge on any atom is -0.310 e. The molecule has 0 amide bonds. The van der Waals surface area contributed by atoms with E-state index in [0.717, 1.165) is 0 Å². The van der Waals surface area contributed by atoms with Crippen molar-refractivity contribution < 1.29 is 0 Å². The van der Waals surface area contributed by atoms with Gasteiger partial charge in [0.2, 0.25) is 0 Å². The van der Waals surface area contributed by atoms with Crippen LogP contribution in [0.3, 0.4) is 0 Å². The van der Waals surface area contributed by atoms with Gasteiger partial charge in [0.05, 0.1) is 16.6 Å². The molecule has 2 aliphatic heterocycles. The SMILES string of the molecule is c1ccc(-c2cc3c4c(c2)-n2c5ccc6cccc7c6c5c5c(ccc(c52)B4c2cccc4c5c6ccccc6ccc5n-3c24)-c2ccccc2-7)cc1. The van der Waals surface area contributed by atoms with E-state index in [1.165, 1.54) is 126 Å². The van der Waals surface area contributed by atoms with Gasteiger partial charge in [-0.05, 0) is 95.6 Å². The summed E-state index contributed by atoms with van der Waals surface area (Å²) in [5.41, 5.74) is 19.7. The lowest BCUT2D eigenvalue weighted by molar-refractivity contribution is 1.14. The molecule has 0 spiro atoms. The lowest BCUT2D eigenvalue weighted by Crippen LogP contribution is -2.59. The predicted molar refractivity (Wildman–Crippen MR) is 225 cm³/mol. The molecule has 9 aromatic carbocycles. The van der Waals surface area contributed by atoms with Crippen molar-refractivity contribution in [1.82, 2.24) is 9.13 Å². The Hall–Kier alpha value is -6.84. The molecular formula is C50H27BN2. The molecule has 14 rings (SSSR count). The summed E-state index contributed by atoms with van der Waals surface area (Å²) < 4.78 is 5.24. The van der Waals surface area contributed by atoms with Gasteiger partial charge in [0.1, 0.15) is 0 Å². The van der Waals surface area contributed by atoms with Crippen molar-refractivity contribution in [2.45, 2.75) is 0 Å². The molecule has 11 aromatic rings. The molecule has 0 atom stereocenters. The van der Waals surface area contributed by atoms with Crippen molar-refractivity contribution in [2.24, 2.45) is 0 Å². The topological polar surface area (TPSA) is 9.86 Å². The zero-order valence-corrected chi connectivity index (χ0v) is 28.6. The molecule has 0 saturated carbocycles. The Labute approximate surface area is 304 Å². The Balaban J connectivity index is 1.24. The number of fused-ring (bicyclic) bond motifs is 13. The molecule has 4 heterocycles. The van der Waals surface area contributed by atoms with Crippen LogP contribution < -0.4 is 16.4 Å². The minimum atomic E-state index is 0.0895. The maximum Gasteiger partial charge on any atom is 0.252 e. The van der Waals surface area contributed by atoms with Gasteiger partial charge in [-0.1, -0.05) is 140 Å². The van der Waals surface area contributed by atoms with Crippen LogP contribution in [0.2, 0.25) is 0 Å². The number of hydrogen-bond donors (Lipinski definition) is 0. The number of para-hydroxylation sites is 1. The summed E-state index contributed by atoms with van der Waals surface area (Å²) in [6.45, 7) is 0.0895. The minimum absolute atomic E-state index is 0.0895. The van der Waals surface area contributed by atoms with Gasteiger partial charge in [-0.2, -0.15) is 0 Å². The summed E-state index contributed by atoms with van der Waals surface area (Å²) in [6.07, 6.45) is 0. The molecule has 0 bridgehead atoms. The van der Waals surface area contributed by atoms with Gasteiger partial charge in [0, 0.05) is 38.4 Å². The molecule has 240 valence electrons. The standard InChI is InChI=1S/C50H27BN2/c1-2-10-28(11-3-1)31-26-42-48-43(27-31)53-41-25-21-30-13-8-17-35-33-15-6-7-16-34(33)36-22-23-39(50(53)46(36)47(41)44(30)35)51(48)38-19-9-18-37-45-32-14-5-4-12-29(32)20-24-40(45)52(42)49(37)38/h1-27H. The molecule has 3 heteroatoms. The number of benzene rings is 9. The number of rotatable bonds is 1. The van der Waals surface area contributed by atoms with Gasteiger partial charge in [0.25, 0.3) is 6.71 Å². The van der Waals surface area contributed by atoms with Crippen molar-refractivity contribution >= 4 is 88.3 Å². The van der Waals surface area contributed by atoms with Gasteiger partial charge >= 0.3 is 0 Å². The molecule has 0 radical (unpaired) electrons.